The van der Waals surface area contributed by atoms with E-state index in [-0.39, 0.29) is 19.4 Å². The number of hydrogen-bond acceptors (Lipinski definition) is 6. The van der Waals surface area contributed by atoms with Gasteiger partial charge < -0.3 is 18.9 Å². The lowest BCUT2D eigenvalue weighted by molar-refractivity contribution is -0.147. The van der Waals surface area contributed by atoms with Crippen LogP contribution in [0.3, 0.4) is 0 Å². The molecule has 0 heterocycles. The Labute approximate surface area is 114 Å². The summed E-state index contributed by atoms with van der Waals surface area (Å²) in [6.45, 7) is 8.89. The maximum atomic E-state index is 12.4. The lowest BCUT2D eigenvalue weighted by Gasteiger charge is -2.25. The van der Waals surface area contributed by atoms with E-state index in [1.165, 1.54) is 7.11 Å². The van der Waals surface area contributed by atoms with Crippen molar-refractivity contribution in [3.63, 3.8) is 0 Å². The fraction of sp³-hybridized carbons (Fsp3) is 0.750. The van der Waals surface area contributed by atoms with E-state index in [9.17, 15) is 14.5 Å². The number of carbonyl (C=O) groups excluding carboxylic acids is 1. The minimum atomic E-state index is -3.44. The second-order valence-corrected chi connectivity index (χ2v) is 6.15. The maximum Gasteiger partial charge on any atom is 0.331 e. The molecule has 0 amide bonds. The molecule has 0 fully saturated rings. The zero-order valence-corrected chi connectivity index (χ0v) is 12.8. The molecule has 0 saturated heterocycles. The van der Waals surface area contributed by atoms with E-state index in [2.05, 4.69) is 11.3 Å². The Bertz CT molecular complexity index is 344. The first-order chi connectivity index (χ1) is 8.81. The topological polar surface area (TPSA) is 82.1 Å². The summed E-state index contributed by atoms with van der Waals surface area (Å²) in [5.41, 5.74) is 0.384. The molecule has 6 nitrogen and oxygen atoms in total. The van der Waals surface area contributed by atoms with E-state index >= 15 is 0 Å². The molecule has 19 heavy (non-hydrogen) atoms. The fourth-order valence-electron chi connectivity index (χ4n) is 1.58. The van der Waals surface area contributed by atoms with Gasteiger partial charge in [0.15, 0.2) is 0 Å². The molecule has 0 radical (unpaired) electrons. The van der Waals surface area contributed by atoms with Gasteiger partial charge in [-0.25, -0.2) is 0 Å². The van der Waals surface area contributed by atoms with Crippen LogP contribution in [0.15, 0.2) is 12.2 Å². The second-order valence-electron chi connectivity index (χ2n) is 4.05. The van der Waals surface area contributed by atoms with Crippen molar-refractivity contribution < 1.29 is 28.3 Å². The van der Waals surface area contributed by atoms with Crippen molar-refractivity contribution in [2.75, 3.05) is 26.5 Å². The van der Waals surface area contributed by atoms with Crippen LogP contribution in [0.4, 0.5) is 0 Å². The highest BCUT2D eigenvalue weighted by Crippen LogP contribution is 2.50. The molecule has 1 N–H and O–H groups in total. The third-order valence-electron chi connectivity index (χ3n) is 2.46. The molecular weight excluding hydrogens is 271 g/mol. The van der Waals surface area contributed by atoms with E-state index in [0.717, 1.165) is 0 Å². The molecule has 0 aromatic heterocycles. The average molecular weight is 294 g/mol. The predicted molar refractivity (Wildman–Crippen MR) is 72.1 cm³/mol. The van der Waals surface area contributed by atoms with Gasteiger partial charge in [-0.05, 0) is 20.8 Å². The Balaban J connectivity index is 5.11. The van der Waals surface area contributed by atoms with E-state index in [1.54, 1.807) is 20.8 Å². The summed E-state index contributed by atoms with van der Waals surface area (Å²) < 4.78 is 27.2. The van der Waals surface area contributed by atoms with Crippen molar-refractivity contribution >= 4 is 13.6 Å². The Morgan fingerprint density at radius 3 is 2.11 bits per heavy atom. The molecule has 0 aliphatic heterocycles. The van der Waals surface area contributed by atoms with Crippen molar-refractivity contribution in [1.82, 2.24) is 0 Å². The van der Waals surface area contributed by atoms with Crippen LogP contribution >= 0.6 is 7.60 Å². The monoisotopic (exact) mass is 294 g/mol. The van der Waals surface area contributed by atoms with Crippen molar-refractivity contribution in [3.8, 4) is 0 Å². The summed E-state index contributed by atoms with van der Waals surface area (Å²) in [4.78, 5) is 11.7. The standard InChI is InChI=1S/C12H23O6P/c1-6-17-19(15,18-7-2)8-10(12(14)16-5)11(13)9(3)4/h10-11,13H,3,6-8H2,1-2,4-5H3/t10-,11-/m0/s1. The summed E-state index contributed by atoms with van der Waals surface area (Å²) in [6.07, 6.45) is -1.39. The Kier molecular flexibility index (Phi) is 8.18. The number of hydrogen-bond donors (Lipinski definition) is 1. The van der Waals surface area contributed by atoms with E-state index in [1.807, 2.05) is 0 Å². The van der Waals surface area contributed by atoms with Crippen LogP contribution in [0.5, 0.6) is 0 Å². The first-order valence-corrected chi connectivity index (χ1v) is 7.83. The van der Waals surface area contributed by atoms with Gasteiger partial charge in [-0.1, -0.05) is 12.2 Å². The molecule has 112 valence electrons. The van der Waals surface area contributed by atoms with Gasteiger partial charge >= 0.3 is 13.6 Å². The zero-order valence-electron chi connectivity index (χ0n) is 11.9. The molecule has 0 saturated carbocycles. The molecule has 0 aromatic rings. The number of methoxy groups -OCH3 is 1. The average Bonchev–Trinajstić information content (AvgIpc) is 2.34. The second kappa shape index (κ2) is 8.48. The highest BCUT2D eigenvalue weighted by molar-refractivity contribution is 7.53. The van der Waals surface area contributed by atoms with Crippen molar-refractivity contribution in [2.24, 2.45) is 5.92 Å². The molecule has 2 atom stereocenters. The third-order valence-corrected chi connectivity index (χ3v) is 4.61. The van der Waals surface area contributed by atoms with E-state index in [0.29, 0.717) is 5.57 Å². The van der Waals surface area contributed by atoms with Crippen LogP contribution in [0, 0.1) is 5.92 Å². The van der Waals surface area contributed by atoms with Gasteiger partial charge in [0.2, 0.25) is 0 Å². The smallest absolute Gasteiger partial charge is 0.331 e. The first kappa shape index (κ1) is 18.3. The van der Waals surface area contributed by atoms with Gasteiger partial charge in [0.05, 0.1) is 38.5 Å². The highest BCUT2D eigenvalue weighted by atomic mass is 31.2. The van der Waals surface area contributed by atoms with Gasteiger partial charge in [0, 0.05) is 0 Å². The predicted octanol–water partition coefficient (Wildman–Crippen LogP) is 1.98. The first-order valence-electron chi connectivity index (χ1n) is 6.10. The quantitative estimate of drug-likeness (QED) is 0.398. The molecule has 7 heteroatoms. The van der Waals surface area contributed by atoms with Crippen LogP contribution in [0.2, 0.25) is 0 Å². The van der Waals surface area contributed by atoms with Crippen molar-refractivity contribution in [3.05, 3.63) is 12.2 Å². The number of aliphatic hydroxyl groups excluding tert-OH is 1. The lowest BCUT2D eigenvalue weighted by Crippen LogP contribution is -2.33. The number of ether oxygens (including phenoxy) is 1. The summed E-state index contributed by atoms with van der Waals surface area (Å²) in [5, 5.41) is 9.95. The third kappa shape index (κ3) is 5.87. The highest BCUT2D eigenvalue weighted by Gasteiger charge is 2.37. The normalized spacial score (nSPS) is 14.8. The van der Waals surface area contributed by atoms with E-state index in [4.69, 9.17) is 9.05 Å². The Morgan fingerprint density at radius 1 is 1.32 bits per heavy atom. The fourth-order valence-corrected chi connectivity index (χ4v) is 3.48. The number of rotatable bonds is 9. The largest absolute Gasteiger partial charge is 0.469 e. The minimum absolute atomic E-state index is 0.189. The minimum Gasteiger partial charge on any atom is -0.469 e. The lowest BCUT2D eigenvalue weighted by atomic mass is 10.00. The van der Waals surface area contributed by atoms with Crippen LogP contribution in [0.25, 0.3) is 0 Å². The maximum absolute atomic E-state index is 12.4. The van der Waals surface area contributed by atoms with E-state index < -0.39 is 25.6 Å². The molecule has 0 rings (SSSR count). The van der Waals surface area contributed by atoms with Crippen LogP contribution in [-0.4, -0.2) is 43.7 Å². The molecule has 0 aromatic carbocycles. The Hall–Kier alpha value is -0.680. The van der Waals surface area contributed by atoms with Gasteiger partial charge in [-0.2, -0.15) is 0 Å². The van der Waals surface area contributed by atoms with Crippen molar-refractivity contribution in [1.29, 1.82) is 0 Å². The number of esters is 1. The number of carbonyl (C=O) groups is 1. The Morgan fingerprint density at radius 2 is 1.79 bits per heavy atom. The van der Waals surface area contributed by atoms with Crippen LogP contribution in [0.1, 0.15) is 20.8 Å². The summed E-state index contributed by atoms with van der Waals surface area (Å²) in [5.74, 6) is -1.69. The summed E-state index contributed by atoms with van der Waals surface area (Å²) in [6, 6.07) is 0. The SMILES string of the molecule is C=C(C)[C@H](O)[C@H](CP(=O)(OCC)OCC)C(=O)OC. The summed E-state index contributed by atoms with van der Waals surface area (Å²) >= 11 is 0. The zero-order chi connectivity index (χ0) is 15.1. The van der Waals surface area contributed by atoms with Gasteiger partial charge in [0.1, 0.15) is 0 Å². The molecule has 0 bridgehead atoms. The van der Waals surface area contributed by atoms with Gasteiger partial charge in [-0.3, -0.25) is 9.36 Å². The van der Waals surface area contributed by atoms with Crippen LogP contribution in [-0.2, 0) is 23.1 Å². The molecule has 0 spiro atoms. The summed E-state index contributed by atoms with van der Waals surface area (Å²) in [7, 11) is -2.24. The molecule has 0 unspecified atom stereocenters. The van der Waals surface area contributed by atoms with Crippen molar-refractivity contribution in [2.45, 2.75) is 26.9 Å². The van der Waals surface area contributed by atoms with Gasteiger partial charge in [0.25, 0.3) is 0 Å². The van der Waals surface area contributed by atoms with Gasteiger partial charge in [-0.15, -0.1) is 0 Å². The molecule has 0 aliphatic rings. The number of aliphatic hydroxyl groups is 1. The molecular formula is C12H23O6P. The molecule has 0 aliphatic carbocycles. The van der Waals surface area contributed by atoms with Crippen LogP contribution < -0.4 is 0 Å².